The van der Waals surface area contributed by atoms with E-state index in [1.807, 2.05) is 6.07 Å². The number of likely N-dealkylation sites (tertiary alicyclic amines) is 1. The number of ether oxygens (including phenoxy) is 1. The van der Waals surface area contributed by atoms with Crippen molar-refractivity contribution in [3.63, 3.8) is 0 Å². The van der Waals surface area contributed by atoms with E-state index in [2.05, 4.69) is 5.32 Å². The SMILES string of the molecule is O=C(O)CC(NC(=O)C1CCCN1C(=O)OCc1ccccc1)C(=O)CF. The maximum Gasteiger partial charge on any atom is 0.410 e. The molecule has 1 fully saturated rings. The lowest BCUT2D eigenvalue weighted by Gasteiger charge is -2.25. The predicted octanol–water partition coefficient (Wildman–Crippen LogP) is 1.29. The molecule has 2 atom stereocenters. The maximum absolute atomic E-state index is 12.6. The summed E-state index contributed by atoms with van der Waals surface area (Å²) in [6.07, 6.45) is -0.502. The molecular weight excluding hydrogens is 359 g/mol. The Balaban J connectivity index is 1.96. The van der Waals surface area contributed by atoms with Crippen molar-refractivity contribution in [1.82, 2.24) is 10.2 Å². The van der Waals surface area contributed by atoms with Crippen molar-refractivity contribution >= 4 is 23.8 Å². The number of hydrogen-bond acceptors (Lipinski definition) is 5. The highest BCUT2D eigenvalue weighted by Crippen LogP contribution is 2.19. The van der Waals surface area contributed by atoms with Gasteiger partial charge in [-0.15, -0.1) is 0 Å². The summed E-state index contributed by atoms with van der Waals surface area (Å²) in [4.78, 5) is 48.3. The van der Waals surface area contributed by atoms with Crippen LogP contribution in [0.15, 0.2) is 30.3 Å². The number of amides is 2. The minimum Gasteiger partial charge on any atom is -0.481 e. The number of ketones is 1. The Hall–Kier alpha value is -2.97. The quantitative estimate of drug-likeness (QED) is 0.703. The van der Waals surface area contributed by atoms with E-state index in [9.17, 15) is 23.6 Å². The number of nitrogens with zero attached hydrogens (tertiary/aromatic N) is 1. The zero-order chi connectivity index (χ0) is 19.8. The van der Waals surface area contributed by atoms with Crippen molar-refractivity contribution in [1.29, 1.82) is 0 Å². The molecule has 1 aromatic rings. The van der Waals surface area contributed by atoms with Crippen LogP contribution in [-0.2, 0) is 25.7 Å². The zero-order valence-electron chi connectivity index (χ0n) is 14.6. The highest BCUT2D eigenvalue weighted by atomic mass is 19.1. The van der Waals surface area contributed by atoms with Crippen LogP contribution in [0.5, 0.6) is 0 Å². The van der Waals surface area contributed by atoms with Crippen molar-refractivity contribution in [2.45, 2.75) is 38.0 Å². The van der Waals surface area contributed by atoms with Crippen LogP contribution in [0.2, 0.25) is 0 Å². The summed E-state index contributed by atoms with van der Waals surface area (Å²) in [6, 6.07) is 6.67. The molecule has 0 spiro atoms. The molecule has 2 amide bonds. The molecule has 2 unspecified atom stereocenters. The normalized spacial score (nSPS) is 17.2. The molecule has 2 N–H and O–H groups in total. The molecule has 9 heteroatoms. The molecule has 0 radical (unpaired) electrons. The molecule has 0 saturated carbocycles. The average Bonchev–Trinajstić information content (AvgIpc) is 3.15. The number of carboxylic acids is 1. The zero-order valence-corrected chi connectivity index (χ0v) is 14.6. The molecule has 1 aromatic carbocycles. The molecule has 27 heavy (non-hydrogen) atoms. The fourth-order valence-electron chi connectivity index (χ4n) is 2.84. The highest BCUT2D eigenvalue weighted by Gasteiger charge is 2.37. The van der Waals surface area contributed by atoms with Crippen LogP contribution in [0.3, 0.4) is 0 Å². The molecule has 1 aliphatic rings. The van der Waals surface area contributed by atoms with E-state index < -0.39 is 48.9 Å². The Bertz CT molecular complexity index is 696. The van der Waals surface area contributed by atoms with E-state index in [4.69, 9.17) is 9.84 Å². The lowest BCUT2D eigenvalue weighted by Crippen LogP contribution is -2.51. The molecule has 0 aliphatic carbocycles. The Morgan fingerprint density at radius 1 is 1.26 bits per heavy atom. The number of rotatable bonds is 8. The monoisotopic (exact) mass is 380 g/mol. The maximum atomic E-state index is 12.6. The van der Waals surface area contributed by atoms with Gasteiger partial charge >= 0.3 is 12.1 Å². The highest BCUT2D eigenvalue weighted by molar-refractivity contribution is 5.94. The number of halogens is 1. The first kappa shape index (κ1) is 20.3. The van der Waals surface area contributed by atoms with Gasteiger partial charge < -0.3 is 15.2 Å². The first-order valence-electron chi connectivity index (χ1n) is 8.50. The van der Waals surface area contributed by atoms with Gasteiger partial charge in [-0.3, -0.25) is 19.3 Å². The van der Waals surface area contributed by atoms with Gasteiger partial charge in [-0.1, -0.05) is 30.3 Å². The number of nitrogens with one attached hydrogen (secondary N) is 1. The molecule has 0 aromatic heterocycles. The lowest BCUT2D eigenvalue weighted by atomic mass is 10.1. The first-order valence-corrected chi connectivity index (χ1v) is 8.50. The van der Waals surface area contributed by atoms with Crippen LogP contribution >= 0.6 is 0 Å². The largest absolute Gasteiger partial charge is 0.481 e. The number of carbonyl (C=O) groups excluding carboxylic acids is 3. The molecule has 8 nitrogen and oxygen atoms in total. The van der Waals surface area contributed by atoms with E-state index in [0.717, 1.165) is 5.56 Å². The van der Waals surface area contributed by atoms with Crippen molar-refractivity contribution in [2.24, 2.45) is 0 Å². The summed E-state index contributed by atoms with van der Waals surface area (Å²) < 4.78 is 17.8. The van der Waals surface area contributed by atoms with Gasteiger partial charge in [0.2, 0.25) is 5.91 Å². The summed E-state index contributed by atoms with van der Waals surface area (Å²) in [6.45, 7) is -1.04. The fraction of sp³-hybridized carbons (Fsp3) is 0.444. The molecular formula is C18H21FN2O6. The topological polar surface area (TPSA) is 113 Å². The van der Waals surface area contributed by atoms with E-state index in [1.54, 1.807) is 24.3 Å². The van der Waals surface area contributed by atoms with E-state index in [-0.39, 0.29) is 6.61 Å². The second-order valence-electron chi connectivity index (χ2n) is 6.15. The Morgan fingerprint density at radius 3 is 2.59 bits per heavy atom. The van der Waals surface area contributed by atoms with Gasteiger partial charge in [0.15, 0.2) is 5.78 Å². The van der Waals surface area contributed by atoms with Gasteiger partial charge in [0.05, 0.1) is 6.42 Å². The van der Waals surface area contributed by atoms with Crippen LogP contribution in [0.25, 0.3) is 0 Å². The smallest absolute Gasteiger partial charge is 0.410 e. The second kappa shape index (κ2) is 9.65. The minimum absolute atomic E-state index is 0.0481. The predicted molar refractivity (Wildman–Crippen MR) is 91.5 cm³/mol. The van der Waals surface area contributed by atoms with Crippen molar-refractivity contribution in [3.05, 3.63) is 35.9 Å². The molecule has 1 aliphatic heterocycles. The first-order chi connectivity index (χ1) is 12.9. The number of hydrogen-bond donors (Lipinski definition) is 2. The van der Waals surface area contributed by atoms with E-state index in [1.165, 1.54) is 4.90 Å². The number of aliphatic carboxylic acids is 1. The van der Waals surface area contributed by atoms with E-state index in [0.29, 0.717) is 19.4 Å². The van der Waals surface area contributed by atoms with Crippen LogP contribution in [-0.4, -0.2) is 59.1 Å². The minimum atomic E-state index is -1.47. The summed E-state index contributed by atoms with van der Waals surface area (Å²) in [7, 11) is 0. The third-order valence-corrected chi connectivity index (χ3v) is 4.21. The Kier molecular flexibility index (Phi) is 7.27. The van der Waals surface area contributed by atoms with E-state index >= 15 is 0 Å². The van der Waals surface area contributed by atoms with Gasteiger partial charge in [0.25, 0.3) is 0 Å². The lowest BCUT2D eigenvalue weighted by molar-refractivity contribution is -0.140. The Morgan fingerprint density at radius 2 is 1.96 bits per heavy atom. The summed E-state index contributed by atoms with van der Waals surface area (Å²) in [5, 5.41) is 11.1. The van der Waals surface area contributed by atoms with Gasteiger partial charge in [-0.25, -0.2) is 9.18 Å². The summed E-state index contributed by atoms with van der Waals surface area (Å²) in [5.74, 6) is -3.06. The van der Waals surface area contributed by atoms with Gasteiger partial charge in [-0.2, -0.15) is 0 Å². The summed E-state index contributed by atoms with van der Waals surface area (Å²) >= 11 is 0. The molecule has 0 bridgehead atoms. The average molecular weight is 380 g/mol. The van der Waals surface area contributed by atoms with Crippen LogP contribution < -0.4 is 5.32 Å². The van der Waals surface area contributed by atoms with Crippen molar-refractivity contribution in [2.75, 3.05) is 13.2 Å². The van der Waals surface area contributed by atoms with Crippen LogP contribution in [0.4, 0.5) is 9.18 Å². The third kappa shape index (κ3) is 5.77. The number of alkyl halides is 1. The molecule has 1 heterocycles. The number of carboxylic acid groups (broad SMARTS) is 1. The van der Waals surface area contributed by atoms with Crippen LogP contribution in [0.1, 0.15) is 24.8 Å². The second-order valence-corrected chi connectivity index (χ2v) is 6.15. The van der Waals surface area contributed by atoms with Crippen LogP contribution in [0, 0.1) is 0 Å². The molecule has 146 valence electrons. The van der Waals surface area contributed by atoms with Gasteiger partial charge in [0.1, 0.15) is 25.4 Å². The fourth-order valence-corrected chi connectivity index (χ4v) is 2.84. The van der Waals surface area contributed by atoms with Crippen molar-refractivity contribution < 1.29 is 33.4 Å². The Labute approximate surface area is 155 Å². The summed E-state index contributed by atoms with van der Waals surface area (Å²) in [5.41, 5.74) is 0.793. The number of benzene rings is 1. The standard InChI is InChI=1S/C18H21FN2O6/c19-10-15(22)13(9-16(23)24)20-17(25)14-7-4-8-21(14)18(26)27-11-12-5-2-1-3-6-12/h1-3,5-6,13-14H,4,7-11H2,(H,20,25)(H,23,24). The third-order valence-electron chi connectivity index (χ3n) is 4.21. The molecule has 1 saturated heterocycles. The van der Waals surface area contributed by atoms with Gasteiger partial charge in [-0.05, 0) is 18.4 Å². The number of Topliss-reactive ketones (excluding diaryl/α,β-unsaturated/α-hetero) is 1. The van der Waals surface area contributed by atoms with Gasteiger partial charge in [0, 0.05) is 6.54 Å². The van der Waals surface area contributed by atoms with Crippen molar-refractivity contribution in [3.8, 4) is 0 Å². The number of carbonyl (C=O) groups is 4. The molecule has 2 rings (SSSR count).